The molecule has 1 aromatic carbocycles. The van der Waals surface area contributed by atoms with Crippen molar-refractivity contribution >= 4 is 43.0 Å². The Balaban J connectivity index is 2.17. The summed E-state index contributed by atoms with van der Waals surface area (Å²) >= 11 is 4.62. The zero-order valence-corrected chi connectivity index (χ0v) is 12.3. The van der Waals surface area contributed by atoms with Gasteiger partial charge in [-0.2, -0.15) is 0 Å². The van der Waals surface area contributed by atoms with E-state index in [0.29, 0.717) is 15.9 Å². The fourth-order valence-electron chi connectivity index (χ4n) is 1.25. The number of anilines is 1. The van der Waals surface area contributed by atoms with E-state index >= 15 is 0 Å². The van der Waals surface area contributed by atoms with Crippen molar-refractivity contribution in [3.8, 4) is 0 Å². The predicted octanol–water partition coefficient (Wildman–Crippen LogP) is 1.97. The number of rotatable bonds is 4. The normalized spacial score (nSPS) is 11.6. The molecular formula is C10H10BrN3O2S2. The number of hydrogen-bond donors (Lipinski definition) is 2. The van der Waals surface area contributed by atoms with E-state index in [0.717, 1.165) is 0 Å². The van der Waals surface area contributed by atoms with Gasteiger partial charge in [0.1, 0.15) is 0 Å². The van der Waals surface area contributed by atoms with E-state index in [2.05, 4.69) is 25.6 Å². The van der Waals surface area contributed by atoms with Gasteiger partial charge in [-0.15, -0.1) is 11.3 Å². The lowest BCUT2D eigenvalue weighted by Crippen LogP contribution is -2.23. The molecule has 18 heavy (non-hydrogen) atoms. The van der Waals surface area contributed by atoms with Gasteiger partial charge in [0.05, 0.1) is 22.6 Å². The van der Waals surface area contributed by atoms with Crippen LogP contribution < -0.4 is 10.5 Å². The van der Waals surface area contributed by atoms with Crippen LogP contribution in [0.3, 0.4) is 0 Å². The molecule has 0 aliphatic heterocycles. The van der Waals surface area contributed by atoms with Crippen LogP contribution in [-0.4, -0.2) is 13.4 Å². The fraction of sp³-hybridized carbons (Fsp3) is 0.100. The number of aromatic nitrogens is 1. The summed E-state index contributed by atoms with van der Waals surface area (Å²) in [5.41, 5.74) is 8.46. The van der Waals surface area contributed by atoms with Crippen LogP contribution in [-0.2, 0) is 16.6 Å². The molecule has 1 aromatic heterocycles. The van der Waals surface area contributed by atoms with E-state index in [-0.39, 0.29) is 11.4 Å². The largest absolute Gasteiger partial charge is 0.398 e. The minimum Gasteiger partial charge on any atom is -0.398 e. The van der Waals surface area contributed by atoms with Crippen LogP contribution in [0.5, 0.6) is 0 Å². The first-order chi connectivity index (χ1) is 8.49. The smallest absolute Gasteiger partial charge is 0.240 e. The Morgan fingerprint density at radius 1 is 1.44 bits per heavy atom. The highest BCUT2D eigenvalue weighted by Gasteiger charge is 2.15. The molecule has 0 atom stereocenters. The van der Waals surface area contributed by atoms with Crippen molar-refractivity contribution in [3.05, 3.63) is 39.3 Å². The molecule has 0 bridgehead atoms. The van der Waals surface area contributed by atoms with Crippen molar-refractivity contribution in [2.24, 2.45) is 0 Å². The van der Waals surface area contributed by atoms with Gasteiger partial charge in [-0.1, -0.05) is 0 Å². The minimum absolute atomic E-state index is 0.166. The lowest BCUT2D eigenvalue weighted by molar-refractivity contribution is 0.580. The van der Waals surface area contributed by atoms with Crippen molar-refractivity contribution in [3.63, 3.8) is 0 Å². The molecule has 8 heteroatoms. The highest BCUT2D eigenvalue weighted by molar-refractivity contribution is 9.10. The summed E-state index contributed by atoms with van der Waals surface area (Å²) in [6.45, 7) is 0.174. The van der Waals surface area contributed by atoms with Crippen LogP contribution in [0.25, 0.3) is 0 Å². The zero-order chi connectivity index (χ0) is 13.2. The molecule has 0 spiro atoms. The van der Waals surface area contributed by atoms with E-state index in [4.69, 9.17) is 5.73 Å². The van der Waals surface area contributed by atoms with Crippen molar-refractivity contribution in [2.45, 2.75) is 11.4 Å². The van der Waals surface area contributed by atoms with E-state index in [9.17, 15) is 8.42 Å². The van der Waals surface area contributed by atoms with Gasteiger partial charge in [0.25, 0.3) is 0 Å². The Kier molecular flexibility index (Phi) is 4.00. The van der Waals surface area contributed by atoms with Gasteiger partial charge < -0.3 is 5.73 Å². The number of sulfonamides is 1. The molecule has 5 nitrogen and oxygen atoms in total. The van der Waals surface area contributed by atoms with Gasteiger partial charge in [-0.25, -0.2) is 18.1 Å². The van der Waals surface area contributed by atoms with Crippen LogP contribution in [0.15, 0.2) is 38.5 Å². The van der Waals surface area contributed by atoms with Crippen LogP contribution in [0.1, 0.15) is 5.69 Å². The zero-order valence-electron chi connectivity index (χ0n) is 9.13. The number of nitrogens with one attached hydrogen (secondary N) is 1. The molecule has 0 saturated heterocycles. The maximum Gasteiger partial charge on any atom is 0.240 e. The standard InChI is InChI=1S/C10H10BrN3O2S2/c11-9-3-8(1-2-10(9)12)18(15,16)14-4-7-5-17-6-13-7/h1-3,5-6,14H,4,12H2. The summed E-state index contributed by atoms with van der Waals surface area (Å²) in [7, 11) is -3.55. The third-order valence-electron chi connectivity index (χ3n) is 2.21. The second kappa shape index (κ2) is 5.35. The van der Waals surface area contributed by atoms with E-state index < -0.39 is 10.0 Å². The van der Waals surface area contributed by atoms with Gasteiger partial charge in [0.2, 0.25) is 10.0 Å². The van der Waals surface area contributed by atoms with E-state index in [1.165, 1.54) is 23.5 Å². The highest BCUT2D eigenvalue weighted by atomic mass is 79.9. The predicted molar refractivity (Wildman–Crippen MR) is 74.7 cm³/mol. The SMILES string of the molecule is Nc1ccc(S(=O)(=O)NCc2cscn2)cc1Br. The number of hydrogen-bond acceptors (Lipinski definition) is 5. The summed E-state index contributed by atoms with van der Waals surface area (Å²) in [5.74, 6) is 0. The molecule has 0 fully saturated rings. The fourth-order valence-corrected chi connectivity index (χ4v) is 3.37. The average molecular weight is 348 g/mol. The van der Waals surface area contributed by atoms with Crippen molar-refractivity contribution < 1.29 is 8.42 Å². The van der Waals surface area contributed by atoms with Gasteiger partial charge in [0.15, 0.2) is 0 Å². The van der Waals surface area contributed by atoms with Crippen molar-refractivity contribution in [2.75, 3.05) is 5.73 Å². The summed E-state index contributed by atoms with van der Waals surface area (Å²) in [6, 6.07) is 4.48. The quantitative estimate of drug-likeness (QED) is 0.828. The molecule has 1 heterocycles. The number of benzene rings is 1. The molecule has 96 valence electrons. The highest BCUT2D eigenvalue weighted by Crippen LogP contribution is 2.23. The van der Waals surface area contributed by atoms with E-state index in [1.54, 1.807) is 17.0 Å². The molecule has 0 aliphatic rings. The first-order valence-corrected chi connectivity index (χ1v) is 8.13. The molecule has 2 aromatic rings. The summed E-state index contributed by atoms with van der Waals surface area (Å²) in [5, 5.41) is 1.79. The Bertz CT molecular complexity index is 641. The van der Waals surface area contributed by atoms with Gasteiger partial charge >= 0.3 is 0 Å². The molecular weight excluding hydrogens is 338 g/mol. The van der Waals surface area contributed by atoms with Gasteiger partial charge in [0, 0.05) is 15.5 Å². The van der Waals surface area contributed by atoms with Crippen LogP contribution >= 0.6 is 27.3 Å². The Labute approximate surface area is 117 Å². The van der Waals surface area contributed by atoms with Crippen LogP contribution in [0.4, 0.5) is 5.69 Å². The Morgan fingerprint density at radius 2 is 2.22 bits per heavy atom. The molecule has 0 amide bonds. The van der Waals surface area contributed by atoms with Crippen LogP contribution in [0.2, 0.25) is 0 Å². The first kappa shape index (κ1) is 13.5. The lowest BCUT2D eigenvalue weighted by atomic mass is 10.3. The third-order valence-corrected chi connectivity index (χ3v) is 4.93. The number of nitrogen functional groups attached to an aromatic ring is 1. The van der Waals surface area contributed by atoms with Crippen LogP contribution in [0, 0.1) is 0 Å². The third kappa shape index (κ3) is 3.08. The summed E-state index contributed by atoms with van der Waals surface area (Å²) in [4.78, 5) is 4.17. The molecule has 0 saturated carbocycles. The Hall–Kier alpha value is -0.960. The lowest BCUT2D eigenvalue weighted by Gasteiger charge is -2.06. The molecule has 0 aliphatic carbocycles. The van der Waals surface area contributed by atoms with Crippen molar-refractivity contribution in [1.82, 2.24) is 9.71 Å². The first-order valence-electron chi connectivity index (χ1n) is 4.91. The molecule has 3 N–H and O–H groups in total. The minimum atomic E-state index is -3.55. The molecule has 0 radical (unpaired) electrons. The monoisotopic (exact) mass is 347 g/mol. The summed E-state index contributed by atoms with van der Waals surface area (Å²) < 4.78 is 27.0. The summed E-state index contributed by atoms with van der Waals surface area (Å²) in [6.07, 6.45) is 0. The number of thiazole rings is 1. The average Bonchev–Trinajstić information content (AvgIpc) is 2.83. The maximum atomic E-state index is 12.0. The molecule has 0 unspecified atom stereocenters. The Morgan fingerprint density at radius 3 is 2.83 bits per heavy atom. The second-order valence-corrected chi connectivity index (χ2v) is 6.83. The van der Waals surface area contributed by atoms with Gasteiger partial charge in [-0.05, 0) is 34.1 Å². The molecule has 2 rings (SSSR count). The van der Waals surface area contributed by atoms with E-state index in [1.807, 2.05) is 0 Å². The number of nitrogens with two attached hydrogens (primary N) is 1. The second-order valence-electron chi connectivity index (χ2n) is 3.49. The number of halogens is 1. The van der Waals surface area contributed by atoms with Gasteiger partial charge in [-0.3, -0.25) is 0 Å². The maximum absolute atomic E-state index is 12.0. The van der Waals surface area contributed by atoms with Crippen molar-refractivity contribution in [1.29, 1.82) is 0 Å². The topological polar surface area (TPSA) is 85.1 Å². The number of nitrogens with zero attached hydrogens (tertiary/aromatic N) is 1.